The Morgan fingerprint density at radius 2 is 2.25 bits per heavy atom. The van der Waals surface area contributed by atoms with Gasteiger partial charge in [-0.15, -0.1) is 0 Å². The topological polar surface area (TPSA) is 43.8 Å². The van der Waals surface area contributed by atoms with Crippen LogP contribution in [0.2, 0.25) is 0 Å². The molecular weight excluding hydrogens is 204 g/mol. The van der Waals surface area contributed by atoms with Gasteiger partial charge in [0, 0.05) is 32.1 Å². The highest BCUT2D eigenvalue weighted by molar-refractivity contribution is 5.73. The monoisotopic (exact) mass is 228 g/mol. The van der Waals surface area contributed by atoms with Crippen molar-refractivity contribution in [3.63, 3.8) is 0 Å². The van der Waals surface area contributed by atoms with Crippen LogP contribution < -0.4 is 0 Å². The van der Waals surface area contributed by atoms with E-state index in [9.17, 15) is 4.79 Å². The van der Waals surface area contributed by atoms with Crippen molar-refractivity contribution in [2.75, 3.05) is 26.2 Å². The molecule has 1 amide bonds. The van der Waals surface area contributed by atoms with Crippen molar-refractivity contribution in [3.8, 4) is 0 Å². The Bertz CT molecular complexity index is 231. The maximum Gasteiger partial charge on any atom is 0.219 e. The van der Waals surface area contributed by atoms with Crippen molar-refractivity contribution in [1.29, 1.82) is 0 Å². The number of carbonyl (C=O) groups excluding carboxylic acids is 1. The molecule has 1 atom stereocenters. The molecule has 0 bridgehead atoms. The molecule has 1 saturated heterocycles. The summed E-state index contributed by atoms with van der Waals surface area (Å²) in [5, 5.41) is 8.97. The Balaban J connectivity index is 2.53. The summed E-state index contributed by atoms with van der Waals surface area (Å²) in [7, 11) is 0. The average Bonchev–Trinajstić information content (AvgIpc) is 2.61. The summed E-state index contributed by atoms with van der Waals surface area (Å²) < 4.78 is 0. The molecule has 16 heavy (non-hydrogen) atoms. The molecule has 0 spiro atoms. The van der Waals surface area contributed by atoms with E-state index in [-0.39, 0.29) is 18.6 Å². The van der Waals surface area contributed by atoms with Crippen LogP contribution in [0.15, 0.2) is 0 Å². The van der Waals surface area contributed by atoms with Crippen molar-refractivity contribution < 1.29 is 9.90 Å². The summed E-state index contributed by atoms with van der Waals surface area (Å²) in [6.07, 6.45) is 2.31. The van der Waals surface area contributed by atoms with E-state index in [2.05, 4.69) is 4.90 Å². The van der Waals surface area contributed by atoms with Gasteiger partial charge >= 0.3 is 0 Å². The molecule has 0 aromatic heterocycles. The molecule has 0 unspecified atom stereocenters. The number of likely N-dealkylation sites (tertiary alicyclic amines) is 1. The Hall–Kier alpha value is -0.610. The molecule has 4 heteroatoms. The molecule has 0 saturated carbocycles. The smallest absolute Gasteiger partial charge is 0.219 e. The van der Waals surface area contributed by atoms with E-state index in [1.165, 1.54) is 6.42 Å². The standard InChI is InChI=1S/C12H24N2O2/c1-10(2)14(11(3)16)9-12-5-4-6-13(12)7-8-15/h10,12,15H,4-9H2,1-3H3/t12-/m0/s1. The number of aliphatic hydroxyl groups is 1. The zero-order valence-corrected chi connectivity index (χ0v) is 10.6. The zero-order chi connectivity index (χ0) is 12.1. The highest BCUT2D eigenvalue weighted by atomic mass is 16.3. The van der Waals surface area contributed by atoms with E-state index in [0.29, 0.717) is 6.04 Å². The number of hydrogen-bond acceptors (Lipinski definition) is 3. The Labute approximate surface area is 98.2 Å². The van der Waals surface area contributed by atoms with Gasteiger partial charge in [0.15, 0.2) is 0 Å². The van der Waals surface area contributed by atoms with Gasteiger partial charge in [0.25, 0.3) is 0 Å². The molecule has 1 fully saturated rings. The fraction of sp³-hybridized carbons (Fsp3) is 0.917. The number of nitrogens with zero attached hydrogens (tertiary/aromatic N) is 2. The van der Waals surface area contributed by atoms with Gasteiger partial charge in [0.1, 0.15) is 0 Å². The summed E-state index contributed by atoms with van der Waals surface area (Å²) in [5.74, 6) is 0.144. The fourth-order valence-corrected chi connectivity index (χ4v) is 2.45. The van der Waals surface area contributed by atoms with Gasteiger partial charge in [-0.2, -0.15) is 0 Å². The van der Waals surface area contributed by atoms with E-state index in [4.69, 9.17) is 5.11 Å². The first-order valence-electron chi connectivity index (χ1n) is 6.18. The van der Waals surface area contributed by atoms with Crippen molar-refractivity contribution >= 4 is 5.91 Å². The highest BCUT2D eigenvalue weighted by Crippen LogP contribution is 2.18. The molecule has 1 rings (SSSR count). The van der Waals surface area contributed by atoms with Gasteiger partial charge in [-0.1, -0.05) is 0 Å². The van der Waals surface area contributed by atoms with Crippen LogP contribution in [0, 0.1) is 0 Å². The van der Waals surface area contributed by atoms with Crippen molar-refractivity contribution in [2.45, 2.75) is 45.7 Å². The third-order valence-electron chi connectivity index (χ3n) is 3.32. The van der Waals surface area contributed by atoms with Crippen molar-refractivity contribution in [3.05, 3.63) is 0 Å². The number of amides is 1. The molecule has 0 aliphatic carbocycles. The molecule has 0 aromatic rings. The summed E-state index contributed by atoms with van der Waals surface area (Å²) in [6, 6.07) is 0.688. The largest absolute Gasteiger partial charge is 0.395 e. The fourth-order valence-electron chi connectivity index (χ4n) is 2.45. The van der Waals surface area contributed by atoms with E-state index in [0.717, 1.165) is 26.1 Å². The number of β-amino-alcohol motifs (C(OH)–C–C–N with tert-alkyl or cyclic N) is 1. The summed E-state index contributed by atoms with van der Waals surface area (Å²) in [5.41, 5.74) is 0. The first kappa shape index (κ1) is 13.5. The Morgan fingerprint density at radius 3 is 2.75 bits per heavy atom. The van der Waals surface area contributed by atoms with Gasteiger partial charge in [-0.3, -0.25) is 9.69 Å². The second kappa shape index (κ2) is 6.21. The minimum absolute atomic E-state index is 0.144. The highest BCUT2D eigenvalue weighted by Gasteiger charge is 2.27. The summed E-state index contributed by atoms with van der Waals surface area (Å²) >= 11 is 0. The first-order chi connectivity index (χ1) is 7.56. The molecule has 1 aliphatic heterocycles. The van der Waals surface area contributed by atoms with Gasteiger partial charge in [-0.05, 0) is 33.2 Å². The quantitative estimate of drug-likeness (QED) is 0.753. The average molecular weight is 228 g/mol. The molecule has 0 radical (unpaired) electrons. The maximum absolute atomic E-state index is 11.5. The predicted octanol–water partition coefficient (Wildman–Crippen LogP) is 0.700. The molecule has 4 nitrogen and oxygen atoms in total. The number of rotatable bonds is 5. The number of aliphatic hydroxyl groups excluding tert-OH is 1. The molecule has 1 heterocycles. The van der Waals surface area contributed by atoms with Crippen molar-refractivity contribution in [1.82, 2.24) is 9.80 Å². The van der Waals surface area contributed by atoms with Crippen LogP contribution in [-0.4, -0.2) is 59.1 Å². The lowest BCUT2D eigenvalue weighted by atomic mass is 10.2. The minimum Gasteiger partial charge on any atom is -0.395 e. The second-order valence-electron chi connectivity index (χ2n) is 4.82. The van der Waals surface area contributed by atoms with E-state index < -0.39 is 0 Å². The van der Waals surface area contributed by atoms with Crippen LogP contribution in [-0.2, 0) is 4.79 Å². The van der Waals surface area contributed by atoms with Gasteiger partial charge in [0.05, 0.1) is 6.61 Å². The maximum atomic E-state index is 11.5. The molecular formula is C12H24N2O2. The van der Waals surface area contributed by atoms with E-state index >= 15 is 0 Å². The minimum atomic E-state index is 0.144. The van der Waals surface area contributed by atoms with Crippen LogP contribution >= 0.6 is 0 Å². The van der Waals surface area contributed by atoms with E-state index in [1.807, 2.05) is 18.7 Å². The van der Waals surface area contributed by atoms with Crippen LogP contribution in [0.1, 0.15) is 33.6 Å². The molecule has 0 aromatic carbocycles. The normalized spacial score (nSPS) is 21.7. The summed E-state index contributed by atoms with van der Waals surface area (Å²) in [6.45, 7) is 8.51. The SMILES string of the molecule is CC(=O)N(C[C@@H]1CCCN1CCO)C(C)C. The lowest BCUT2D eigenvalue weighted by molar-refractivity contribution is -0.131. The first-order valence-corrected chi connectivity index (χ1v) is 6.18. The van der Waals surface area contributed by atoms with Crippen LogP contribution in [0.4, 0.5) is 0 Å². The third-order valence-corrected chi connectivity index (χ3v) is 3.32. The Kier molecular flexibility index (Phi) is 5.22. The predicted molar refractivity (Wildman–Crippen MR) is 64.2 cm³/mol. The van der Waals surface area contributed by atoms with Crippen LogP contribution in [0.3, 0.4) is 0 Å². The van der Waals surface area contributed by atoms with Crippen LogP contribution in [0.5, 0.6) is 0 Å². The molecule has 94 valence electrons. The molecule has 1 N–H and O–H groups in total. The van der Waals surface area contributed by atoms with E-state index in [1.54, 1.807) is 6.92 Å². The number of hydrogen-bond donors (Lipinski definition) is 1. The van der Waals surface area contributed by atoms with Crippen molar-refractivity contribution in [2.24, 2.45) is 0 Å². The lowest BCUT2D eigenvalue weighted by Crippen LogP contribution is -2.45. The second-order valence-corrected chi connectivity index (χ2v) is 4.82. The van der Waals surface area contributed by atoms with Gasteiger partial charge < -0.3 is 10.0 Å². The van der Waals surface area contributed by atoms with Crippen LogP contribution in [0.25, 0.3) is 0 Å². The number of carbonyl (C=O) groups is 1. The van der Waals surface area contributed by atoms with Gasteiger partial charge in [0.2, 0.25) is 5.91 Å². The summed E-state index contributed by atoms with van der Waals surface area (Å²) in [4.78, 5) is 15.7. The molecule has 1 aliphatic rings. The Morgan fingerprint density at radius 1 is 1.56 bits per heavy atom. The third kappa shape index (κ3) is 3.46. The zero-order valence-electron chi connectivity index (χ0n) is 10.6. The lowest BCUT2D eigenvalue weighted by Gasteiger charge is -2.32. The van der Waals surface area contributed by atoms with Gasteiger partial charge in [-0.25, -0.2) is 0 Å².